The molecule has 0 spiro atoms. The first-order valence-electron chi connectivity index (χ1n) is 5.04. The number of rotatable bonds is 0. The monoisotopic (exact) mass is 214 g/mol. The minimum absolute atomic E-state index is 0.443. The molecule has 1 aliphatic carbocycles. The summed E-state index contributed by atoms with van der Waals surface area (Å²) < 4.78 is 5.77. The normalized spacial score (nSPS) is 19.5. The first-order chi connectivity index (χ1) is 7.45. The van der Waals surface area contributed by atoms with Crippen molar-refractivity contribution in [2.24, 2.45) is 0 Å². The second kappa shape index (κ2) is 3.67. The Morgan fingerprint density at radius 2 is 2.07 bits per heavy atom. The van der Waals surface area contributed by atoms with E-state index in [1.54, 1.807) is 0 Å². The lowest BCUT2D eigenvalue weighted by Crippen LogP contribution is -2.09. The zero-order valence-electron chi connectivity index (χ0n) is 8.23. The maximum Gasteiger partial charge on any atom is 0.127 e. The number of hydrogen-bond donors (Lipinski definition) is 0. The van der Waals surface area contributed by atoms with Crippen LogP contribution in [0.2, 0.25) is 0 Å². The summed E-state index contributed by atoms with van der Waals surface area (Å²) in [5, 5.41) is 1.32. The highest BCUT2D eigenvalue weighted by Gasteiger charge is 2.18. The molecule has 3 rings (SSSR count). The smallest absolute Gasteiger partial charge is 0.127 e. The molecule has 0 radical (unpaired) electrons. The molecular formula is C13H11OP. The number of allylic oxidation sites excluding steroid dienone is 5. The zero-order valence-corrected chi connectivity index (χ0v) is 9.23. The van der Waals surface area contributed by atoms with Crippen molar-refractivity contribution < 1.29 is 4.52 Å². The molecule has 1 aromatic rings. The van der Waals surface area contributed by atoms with Crippen LogP contribution in [0.25, 0.3) is 5.57 Å². The lowest BCUT2D eigenvalue weighted by atomic mass is 10.0. The molecular weight excluding hydrogens is 203 g/mol. The third-order valence-electron chi connectivity index (χ3n) is 2.64. The standard InChI is InChI=1S/C13H11OP/c1-2-6-10-11-7-4-5-9-13(11)15-14-12(10)8-3-1/h1-5,7-9,15H,6H2. The van der Waals surface area contributed by atoms with E-state index >= 15 is 0 Å². The van der Waals surface area contributed by atoms with Crippen molar-refractivity contribution in [1.29, 1.82) is 0 Å². The Bertz CT molecular complexity index is 483. The van der Waals surface area contributed by atoms with Crippen molar-refractivity contribution in [3.8, 4) is 0 Å². The molecule has 0 N–H and O–H groups in total. The summed E-state index contributed by atoms with van der Waals surface area (Å²) >= 11 is 0. The molecule has 1 aromatic carbocycles. The van der Waals surface area contributed by atoms with Gasteiger partial charge < -0.3 is 4.52 Å². The molecule has 15 heavy (non-hydrogen) atoms. The third kappa shape index (κ3) is 1.53. The van der Waals surface area contributed by atoms with Crippen LogP contribution in [-0.2, 0) is 4.52 Å². The van der Waals surface area contributed by atoms with Gasteiger partial charge in [0.15, 0.2) is 0 Å². The van der Waals surface area contributed by atoms with Crippen LogP contribution in [0.5, 0.6) is 0 Å². The molecule has 0 fully saturated rings. The Labute approximate surface area is 91.0 Å². The molecule has 2 heteroatoms. The summed E-state index contributed by atoms with van der Waals surface area (Å²) in [6.07, 6.45) is 9.31. The van der Waals surface area contributed by atoms with Crippen molar-refractivity contribution in [1.82, 2.24) is 0 Å². The second-order valence-corrected chi connectivity index (χ2v) is 4.53. The molecule has 0 amide bonds. The van der Waals surface area contributed by atoms with Crippen LogP contribution < -0.4 is 5.30 Å². The van der Waals surface area contributed by atoms with E-state index in [4.69, 9.17) is 4.52 Å². The first kappa shape index (κ1) is 8.94. The average Bonchev–Trinajstić information content (AvgIpc) is 2.54. The SMILES string of the molecule is C1=CCC2=C(C=C1)OPc1ccccc12. The van der Waals surface area contributed by atoms with Gasteiger partial charge in [0.05, 0.1) is 0 Å². The van der Waals surface area contributed by atoms with Crippen molar-refractivity contribution >= 4 is 19.7 Å². The Morgan fingerprint density at radius 1 is 1.13 bits per heavy atom. The predicted octanol–water partition coefficient (Wildman–Crippen LogP) is 3.16. The van der Waals surface area contributed by atoms with E-state index in [-0.39, 0.29) is 0 Å². The Balaban J connectivity index is 2.17. The molecule has 0 saturated carbocycles. The molecule has 1 unspecified atom stereocenters. The molecule has 1 nitrogen and oxygen atoms in total. The third-order valence-corrected chi connectivity index (χ3v) is 3.62. The van der Waals surface area contributed by atoms with Crippen LogP contribution in [0.4, 0.5) is 0 Å². The molecule has 0 aromatic heterocycles. The van der Waals surface area contributed by atoms with Gasteiger partial charge in [-0.15, -0.1) is 0 Å². The van der Waals surface area contributed by atoms with E-state index < -0.39 is 0 Å². The summed E-state index contributed by atoms with van der Waals surface area (Å²) in [6.45, 7) is 0. The van der Waals surface area contributed by atoms with Gasteiger partial charge >= 0.3 is 0 Å². The summed E-state index contributed by atoms with van der Waals surface area (Å²) in [6, 6.07) is 8.50. The topological polar surface area (TPSA) is 9.23 Å². The number of fused-ring (bicyclic) bond motifs is 2. The molecule has 2 aliphatic rings. The lowest BCUT2D eigenvalue weighted by molar-refractivity contribution is 0.512. The van der Waals surface area contributed by atoms with E-state index in [9.17, 15) is 0 Å². The van der Waals surface area contributed by atoms with Gasteiger partial charge in [-0.3, -0.25) is 0 Å². The van der Waals surface area contributed by atoms with Crippen LogP contribution in [-0.4, -0.2) is 0 Å². The summed E-state index contributed by atoms with van der Waals surface area (Å²) in [4.78, 5) is 0. The highest BCUT2D eigenvalue weighted by atomic mass is 31.1. The van der Waals surface area contributed by atoms with Gasteiger partial charge in [-0.05, 0) is 18.1 Å². The minimum atomic E-state index is 0.443. The van der Waals surface area contributed by atoms with Gasteiger partial charge in [0.25, 0.3) is 0 Å². The van der Waals surface area contributed by atoms with Crippen LogP contribution in [0, 0.1) is 0 Å². The van der Waals surface area contributed by atoms with Gasteiger partial charge in [0.1, 0.15) is 14.6 Å². The zero-order chi connectivity index (χ0) is 10.1. The van der Waals surface area contributed by atoms with Crippen LogP contribution in [0.3, 0.4) is 0 Å². The van der Waals surface area contributed by atoms with E-state index in [1.165, 1.54) is 16.4 Å². The number of hydrogen-bond acceptors (Lipinski definition) is 1. The molecule has 1 atom stereocenters. The van der Waals surface area contributed by atoms with Crippen LogP contribution >= 0.6 is 8.81 Å². The maximum absolute atomic E-state index is 5.77. The average molecular weight is 214 g/mol. The van der Waals surface area contributed by atoms with Gasteiger partial charge in [0.2, 0.25) is 0 Å². The van der Waals surface area contributed by atoms with E-state index in [0.717, 1.165) is 12.2 Å². The van der Waals surface area contributed by atoms with E-state index in [1.807, 2.05) is 6.08 Å². The summed E-state index contributed by atoms with van der Waals surface area (Å²) in [7, 11) is 0.443. The van der Waals surface area contributed by atoms with E-state index in [0.29, 0.717) is 8.81 Å². The largest absolute Gasteiger partial charge is 0.472 e. The van der Waals surface area contributed by atoms with Gasteiger partial charge in [-0.25, -0.2) is 0 Å². The predicted molar refractivity (Wildman–Crippen MR) is 65.3 cm³/mol. The Morgan fingerprint density at radius 3 is 3.07 bits per heavy atom. The quantitative estimate of drug-likeness (QED) is 0.603. The maximum atomic E-state index is 5.77. The molecule has 74 valence electrons. The van der Waals surface area contributed by atoms with Crippen LogP contribution in [0.1, 0.15) is 12.0 Å². The highest BCUT2D eigenvalue weighted by molar-refractivity contribution is 7.42. The van der Waals surface area contributed by atoms with Crippen LogP contribution in [0.15, 0.2) is 54.3 Å². The molecule has 0 bridgehead atoms. The second-order valence-electron chi connectivity index (χ2n) is 3.58. The van der Waals surface area contributed by atoms with Crippen molar-refractivity contribution in [2.45, 2.75) is 6.42 Å². The fraction of sp³-hybridized carbons (Fsp3) is 0.0769. The minimum Gasteiger partial charge on any atom is -0.472 e. The molecule has 1 aliphatic heterocycles. The van der Waals surface area contributed by atoms with Crippen molar-refractivity contribution in [3.05, 3.63) is 59.9 Å². The summed E-state index contributed by atoms with van der Waals surface area (Å²) in [5.41, 5.74) is 2.67. The van der Waals surface area contributed by atoms with Crippen molar-refractivity contribution in [2.75, 3.05) is 0 Å². The van der Waals surface area contributed by atoms with Crippen molar-refractivity contribution in [3.63, 3.8) is 0 Å². The van der Waals surface area contributed by atoms with Gasteiger partial charge in [0, 0.05) is 10.9 Å². The molecule has 1 heterocycles. The fourth-order valence-electron chi connectivity index (χ4n) is 1.89. The lowest BCUT2D eigenvalue weighted by Gasteiger charge is -2.20. The summed E-state index contributed by atoms with van der Waals surface area (Å²) in [5.74, 6) is 1.04. The first-order valence-corrected chi connectivity index (χ1v) is 5.94. The number of benzene rings is 1. The fourth-order valence-corrected chi connectivity index (χ4v) is 2.81. The van der Waals surface area contributed by atoms with Gasteiger partial charge in [-0.1, -0.05) is 42.5 Å². The highest BCUT2D eigenvalue weighted by Crippen LogP contribution is 2.36. The van der Waals surface area contributed by atoms with E-state index in [2.05, 4.69) is 42.5 Å². The Hall–Kier alpha value is -1.33. The Kier molecular flexibility index (Phi) is 2.19. The molecule has 0 saturated heterocycles. The van der Waals surface area contributed by atoms with Gasteiger partial charge in [-0.2, -0.15) is 0 Å².